The summed E-state index contributed by atoms with van der Waals surface area (Å²) < 4.78 is 34.5. The number of para-hydroxylation sites is 2. The third kappa shape index (κ3) is 7.13. The third-order valence-corrected chi connectivity index (χ3v) is 7.82. The average molecular weight is 538 g/mol. The van der Waals surface area contributed by atoms with Crippen molar-refractivity contribution in [3.63, 3.8) is 0 Å². The predicted molar refractivity (Wildman–Crippen MR) is 149 cm³/mol. The summed E-state index contributed by atoms with van der Waals surface area (Å²) in [6, 6.07) is 23.5. The van der Waals surface area contributed by atoms with E-state index in [9.17, 15) is 18.0 Å². The SMILES string of the molecule is CCNC(=O)[C@@H](C)N(CCc1ccccc1)C(=O)CN(c1ccccc1OCC)S(=O)(=O)c1ccccc1. The number of ether oxygens (including phenoxy) is 1. The second-order valence-electron chi connectivity index (χ2n) is 8.62. The number of hydrogen-bond acceptors (Lipinski definition) is 5. The maximum absolute atomic E-state index is 13.9. The zero-order valence-corrected chi connectivity index (χ0v) is 22.9. The van der Waals surface area contributed by atoms with E-state index in [2.05, 4.69) is 5.32 Å². The van der Waals surface area contributed by atoms with Crippen LogP contribution < -0.4 is 14.4 Å². The average Bonchev–Trinajstić information content (AvgIpc) is 2.93. The largest absolute Gasteiger partial charge is 0.492 e. The molecule has 2 amide bonds. The second-order valence-corrected chi connectivity index (χ2v) is 10.5. The van der Waals surface area contributed by atoms with Gasteiger partial charge in [-0.3, -0.25) is 13.9 Å². The van der Waals surface area contributed by atoms with Crippen molar-refractivity contribution in [1.82, 2.24) is 10.2 Å². The van der Waals surface area contributed by atoms with Gasteiger partial charge in [-0.1, -0.05) is 60.7 Å². The molecular formula is C29H35N3O5S. The molecule has 0 radical (unpaired) electrons. The van der Waals surface area contributed by atoms with Gasteiger partial charge in [0.15, 0.2) is 0 Å². The molecule has 202 valence electrons. The molecule has 1 atom stereocenters. The van der Waals surface area contributed by atoms with Crippen molar-refractivity contribution >= 4 is 27.5 Å². The molecule has 0 aliphatic rings. The molecule has 0 unspecified atom stereocenters. The quantitative estimate of drug-likeness (QED) is 0.357. The predicted octanol–water partition coefficient (Wildman–Crippen LogP) is 3.88. The number of nitrogens with one attached hydrogen (secondary N) is 1. The number of nitrogens with zero attached hydrogens (tertiary/aromatic N) is 2. The first-order valence-corrected chi connectivity index (χ1v) is 14.1. The normalized spacial score (nSPS) is 11.9. The number of benzene rings is 3. The number of rotatable bonds is 13. The second kappa shape index (κ2) is 13.6. The number of carbonyl (C=O) groups is 2. The maximum Gasteiger partial charge on any atom is 0.264 e. The Kier molecular flexibility index (Phi) is 10.3. The minimum atomic E-state index is -4.14. The highest BCUT2D eigenvalue weighted by Crippen LogP contribution is 2.32. The van der Waals surface area contributed by atoms with Crippen LogP contribution in [0.1, 0.15) is 26.3 Å². The van der Waals surface area contributed by atoms with Crippen molar-refractivity contribution in [2.24, 2.45) is 0 Å². The van der Waals surface area contributed by atoms with E-state index in [1.165, 1.54) is 17.0 Å². The maximum atomic E-state index is 13.9. The van der Waals surface area contributed by atoms with E-state index < -0.39 is 28.5 Å². The molecule has 3 aromatic rings. The van der Waals surface area contributed by atoms with E-state index in [4.69, 9.17) is 4.74 Å². The summed E-state index contributed by atoms with van der Waals surface area (Å²) >= 11 is 0. The van der Waals surface area contributed by atoms with Crippen LogP contribution in [0.2, 0.25) is 0 Å². The van der Waals surface area contributed by atoms with Crippen molar-refractivity contribution in [2.75, 3.05) is 30.5 Å². The number of sulfonamides is 1. The molecule has 0 spiro atoms. The standard InChI is InChI=1S/C29H35N3O5S/c1-4-30-29(34)23(3)31(21-20-24-14-8-6-9-15-24)28(33)22-32(26-18-12-13-19-27(26)37-5-2)38(35,36)25-16-10-7-11-17-25/h6-19,23H,4-5,20-22H2,1-3H3,(H,30,34)/t23-/m1/s1. The minimum Gasteiger partial charge on any atom is -0.492 e. The van der Waals surface area contributed by atoms with Gasteiger partial charge in [-0.15, -0.1) is 0 Å². The molecule has 3 rings (SSSR count). The van der Waals surface area contributed by atoms with Gasteiger partial charge in [-0.2, -0.15) is 0 Å². The summed E-state index contributed by atoms with van der Waals surface area (Å²) in [5, 5.41) is 2.76. The first-order chi connectivity index (χ1) is 18.3. The molecule has 1 N–H and O–H groups in total. The first-order valence-electron chi connectivity index (χ1n) is 12.7. The van der Waals surface area contributed by atoms with Gasteiger partial charge in [-0.05, 0) is 57.0 Å². The lowest BCUT2D eigenvalue weighted by molar-refractivity contribution is -0.138. The molecular weight excluding hydrogens is 502 g/mol. The van der Waals surface area contributed by atoms with Crippen LogP contribution >= 0.6 is 0 Å². The highest BCUT2D eigenvalue weighted by Gasteiger charge is 2.33. The molecule has 38 heavy (non-hydrogen) atoms. The van der Waals surface area contributed by atoms with Crippen molar-refractivity contribution in [2.45, 2.75) is 38.1 Å². The zero-order valence-electron chi connectivity index (χ0n) is 22.0. The highest BCUT2D eigenvalue weighted by molar-refractivity contribution is 7.92. The smallest absolute Gasteiger partial charge is 0.264 e. The lowest BCUT2D eigenvalue weighted by Crippen LogP contribution is -2.52. The van der Waals surface area contributed by atoms with Crippen LogP contribution in [0.25, 0.3) is 0 Å². The molecule has 0 fully saturated rings. The number of anilines is 1. The molecule has 0 aliphatic carbocycles. The van der Waals surface area contributed by atoms with Crippen LogP contribution in [0.4, 0.5) is 5.69 Å². The summed E-state index contributed by atoms with van der Waals surface area (Å²) in [4.78, 5) is 28.1. The molecule has 9 heteroatoms. The van der Waals surface area contributed by atoms with Gasteiger partial charge in [-0.25, -0.2) is 8.42 Å². The van der Waals surface area contributed by atoms with Crippen molar-refractivity contribution < 1.29 is 22.7 Å². The molecule has 3 aromatic carbocycles. The highest BCUT2D eigenvalue weighted by atomic mass is 32.2. The monoisotopic (exact) mass is 537 g/mol. The molecule has 0 aliphatic heterocycles. The number of amides is 2. The molecule has 0 saturated heterocycles. The Labute approximate surface area is 225 Å². The first kappa shape index (κ1) is 28.7. The zero-order chi connectivity index (χ0) is 27.5. The van der Waals surface area contributed by atoms with E-state index >= 15 is 0 Å². The van der Waals surface area contributed by atoms with Crippen LogP contribution in [-0.4, -0.2) is 57.4 Å². The van der Waals surface area contributed by atoms with E-state index in [0.717, 1.165) is 9.87 Å². The fourth-order valence-electron chi connectivity index (χ4n) is 4.07. The van der Waals surface area contributed by atoms with Gasteiger partial charge in [0.25, 0.3) is 10.0 Å². The Balaban J connectivity index is 2.01. The minimum absolute atomic E-state index is 0.0479. The molecule has 0 aromatic heterocycles. The Bertz CT molecular complexity index is 1300. The van der Waals surface area contributed by atoms with Crippen LogP contribution in [0, 0.1) is 0 Å². The Hall–Kier alpha value is -3.85. The fraction of sp³-hybridized carbons (Fsp3) is 0.310. The van der Waals surface area contributed by atoms with Crippen molar-refractivity contribution in [1.29, 1.82) is 0 Å². The lowest BCUT2D eigenvalue weighted by Gasteiger charge is -2.32. The van der Waals surface area contributed by atoms with E-state index in [1.807, 2.05) is 30.3 Å². The van der Waals surface area contributed by atoms with Crippen LogP contribution in [0.5, 0.6) is 5.75 Å². The van der Waals surface area contributed by atoms with Crippen LogP contribution in [0.15, 0.2) is 89.8 Å². The number of hydrogen-bond donors (Lipinski definition) is 1. The van der Waals surface area contributed by atoms with E-state index in [1.54, 1.807) is 63.2 Å². The van der Waals surface area contributed by atoms with Crippen LogP contribution in [-0.2, 0) is 26.0 Å². The Morgan fingerprint density at radius 2 is 1.50 bits per heavy atom. The number of likely N-dealkylation sites (N-methyl/N-ethyl adjacent to an activating group) is 1. The topological polar surface area (TPSA) is 96.0 Å². The molecule has 0 saturated carbocycles. The Morgan fingerprint density at radius 1 is 0.895 bits per heavy atom. The fourth-order valence-corrected chi connectivity index (χ4v) is 5.51. The third-order valence-electron chi connectivity index (χ3n) is 6.05. The van der Waals surface area contributed by atoms with Gasteiger partial charge < -0.3 is 15.0 Å². The molecule has 8 nitrogen and oxygen atoms in total. The van der Waals surface area contributed by atoms with Crippen molar-refractivity contribution in [3.05, 3.63) is 90.5 Å². The summed E-state index contributed by atoms with van der Waals surface area (Å²) in [6.07, 6.45) is 0.511. The summed E-state index contributed by atoms with van der Waals surface area (Å²) in [5.41, 5.74) is 1.25. The van der Waals surface area contributed by atoms with Gasteiger partial charge in [0, 0.05) is 13.1 Å². The molecule has 0 bridgehead atoms. The summed E-state index contributed by atoms with van der Waals surface area (Å²) in [6.45, 7) is 5.74. The van der Waals surface area contributed by atoms with Gasteiger partial charge >= 0.3 is 0 Å². The van der Waals surface area contributed by atoms with E-state index in [0.29, 0.717) is 25.3 Å². The van der Waals surface area contributed by atoms with E-state index in [-0.39, 0.29) is 23.0 Å². The Morgan fingerprint density at radius 3 is 2.13 bits per heavy atom. The summed E-state index contributed by atoms with van der Waals surface area (Å²) in [5.74, 6) is -0.457. The molecule has 0 heterocycles. The summed E-state index contributed by atoms with van der Waals surface area (Å²) in [7, 11) is -4.14. The van der Waals surface area contributed by atoms with Crippen LogP contribution in [0.3, 0.4) is 0 Å². The van der Waals surface area contributed by atoms with Gasteiger partial charge in [0.2, 0.25) is 11.8 Å². The van der Waals surface area contributed by atoms with Crippen molar-refractivity contribution in [3.8, 4) is 5.75 Å². The van der Waals surface area contributed by atoms with Gasteiger partial charge in [0.1, 0.15) is 18.3 Å². The lowest BCUT2D eigenvalue weighted by atomic mass is 10.1. The van der Waals surface area contributed by atoms with Gasteiger partial charge in [0.05, 0.1) is 17.2 Å². The number of carbonyl (C=O) groups excluding carboxylic acids is 2.